The van der Waals surface area contributed by atoms with Crippen molar-refractivity contribution >= 4 is 33.4 Å². The third-order valence-electron chi connectivity index (χ3n) is 3.77. The summed E-state index contributed by atoms with van der Waals surface area (Å²) in [6.45, 7) is 3.77. The summed E-state index contributed by atoms with van der Waals surface area (Å²) in [5, 5.41) is 5.43. The number of benzene rings is 2. The van der Waals surface area contributed by atoms with Crippen molar-refractivity contribution in [2.24, 2.45) is 0 Å². The largest absolute Gasteiger partial charge is 0.493 e. The predicted molar refractivity (Wildman–Crippen MR) is 113 cm³/mol. The molecule has 0 atom stereocenters. The first-order chi connectivity index (χ1) is 13.5. The van der Waals surface area contributed by atoms with E-state index >= 15 is 0 Å². The normalized spacial score (nSPS) is 10.1. The second-order valence-electron chi connectivity index (χ2n) is 5.92. The van der Waals surface area contributed by atoms with E-state index < -0.39 is 0 Å². The Morgan fingerprint density at radius 1 is 1.11 bits per heavy atom. The Labute approximate surface area is 173 Å². The van der Waals surface area contributed by atoms with Gasteiger partial charge in [0.2, 0.25) is 5.91 Å². The van der Waals surface area contributed by atoms with Gasteiger partial charge in [-0.1, -0.05) is 28.1 Å². The molecule has 2 amide bonds. The van der Waals surface area contributed by atoms with Crippen molar-refractivity contribution in [3.8, 4) is 11.5 Å². The molecule has 2 aromatic rings. The number of anilines is 1. The summed E-state index contributed by atoms with van der Waals surface area (Å²) in [5.74, 6) is 0.552. The molecule has 28 heavy (non-hydrogen) atoms. The molecule has 148 valence electrons. The lowest BCUT2D eigenvalue weighted by atomic mass is 10.1. The van der Waals surface area contributed by atoms with Crippen LogP contribution in [0.2, 0.25) is 0 Å². The third-order valence-corrected chi connectivity index (χ3v) is 4.30. The van der Waals surface area contributed by atoms with Crippen LogP contribution in [-0.2, 0) is 16.0 Å². The zero-order valence-corrected chi connectivity index (χ0v) is 17.3. The summed E-state index contributed by atoms with van der Waals surface area (Å²) in [7, 11) is 1.55. The van der Waals surface area contributed by atoms with E-state index in [2.05, 4.69) is 33.1 Å². The van der Waals surface area contributed by atoms with Crippen molar-refractivity contribution in [1.82, 2.24) is 5.32 Å². The molecular formula is C21H23BrN2O4. The predicted octanol–water partition coefficient (Wildman–Crippen LogP) is 3.71. The second kappa shape index (κ2) is 11.1. The van der Waals surface area contributed by atoms with Gasteiger partial charge >= 0.3 is 0 Å². The molecule has 2 rings (SSSR count). The molecule has 0 saturated heterocycles. The molecule has 0 heterocycles. The van der Waals surface area contributed by atoms with E-state index in [1.54, 1.807) is 31.4 Å². The molecule has 0 aromatic heterocycles. The van der Waals surface area contributed by atoms with Gasteiger partial charge in [-0.2, -0.15) is 0 Å². The van der Waals surface area contributed by atoms with Gasteiger partial charge < -0.3 is 20.1 Å². The fraction of sp³-hybridized carbons (Fsp3) is 0.238. The summed E-state index contributed by atoms with van der Waals surface area (Å²) in [6, 6.07) is 12.8. The van der Waals surface area contributed by atoms with Crippen molar-refractivity contribution in [1.29, 1.82) is 0 Å². The van der Waals surface area contributed by atoms with Crippen molar-refractivity contribution in [2.75, 3.05) is 25.6 Å². The quantitative estimate of drug-likeness (QED) is 0.545. The van der Waals surface area contributed by atoms with Crippen molar-refractivity contribution in [3.63, 3.8) is 0 Å². The minimum Gasteiger partial charge on any atom is -0.493 e. The van der Waals surface area contributed by atoms with Crippen LogP contribution in [0.5, 0.6) is 11.5 Å². The zero-order chi connectivity index (χ0) is 20.4. The Hall–Kier alpha value is -2.80. The third kappa shape index (κ3) is 7.08. The van der Waals surface area contributed by atoms with Gasteiger partial charge in [0, 0.05) is 23.1 Å². The highest BCUT2D eigenvalue weighted by Gasteiger charge is 2.09. The standard InChI is InChI=1S/C21H23BrN2O4/c1-3-4-15-5-10-18(19(13-15)27-2)28-14-21(26)23-12-11-20(25)24-17-8-6-16(22)7-9-17/h3,5-10,13H,1,4,11-12,14H2,2H3,(H,23,26)(H,24,25). The van der Waals surface area contributed by atoms with Crippen molar-refractivity contribution < 1.29 is 19.1 Å². The van der Waals surface area contributed by atoms with Gasteiger partial charge in [0.05, 0.1) is 7.11 Å². The lowest BCUT2D eigenvalue weighted by Gasteiger charge is -2.12. The SMILES string of the molecule is C=CCc1ccc(OCC(=O)NCCC(=O)Nc2ccc(Br)cc2)c(OC)c1. The number of allylic oxidation sites excluding steroid dienone is 1. The van der Waals surface area contributed by atoms with E-state index in [0.29, 0.717) is 17.2 Å². The van der Waals surface area contributed by atoms with Gasteiger partial charge in [-0.05, 0) is 48.4 Å². The van der Waals surface area contributed by atoms with Crippen LogP contribution >= 0.6 is 15.9 Å². The highest BCUT2D eigenvalue weighted by molar-refractivity contribution is 9.10. The molecule has 0 radical (unpaired) electrons. The zero-order valence-electron chi connectivity index (χ0n) is 15.7. The molecule has 0 unspecified atom stereocenters. The molecule has 0 bridgehead atoms. The molecule has 2 aromatic carbocycles. The topological polar surface area (TPSA) is 76.7 Å². The number of amides is 2. The molecule has 0 aliphatic carbocycles. The molecule has 7 heteroatoms. The average molecular weight is 447 g/mol. The van der Waals surface area contributed by atoms with Crippen molar-refractivity contribution in [3.05, 3.63) is 65.2 Å². The van der Waals surface area contributed by atoms with E-state index in [1.165, 1.54) is 0 Å². The van der Waals surface area contributed by atoms with Gasteiger partial charge in [-0.25, -0.2) is 0 Å². The number of nitrogens with one attached hydrogen (secondary N) is 2. The van der Waals surface area contributed by atoms with Crippen LogP contribution in [0, 0.1) is 0 Å². The number of halogens is 1. The second-order valence-corrected chi connectivity index (χ2v) is 6.84. The maximum Gasteiger partial charge on any atom is 0.257 e. The minimum absolute atomic E-state index is 0.161. The van der Waals surface area contributed by atoms with Crippen LogP contribution in [0.3, 0.4) is 0 Å². The molecule has 6 nitrogen and oxygen atoms in total. The maximum atomic E-state index is 11.9. The molecule has 0 saturated carbocycles. The molecule has 0 aliphatic rings. The van der Waals surface area contributed by atoms with Crippen LogP contribution in [0.15, 0.2) is 59.6 Å². The number of methoxy groups -OCH3 is 1. The fourth-order valence-corrected chi connectivity index (χ4v) is 2.66. The van der Waals surface area contributed by atoms with E-state index in [0.717, 1.165) is 16.5 Å². The summed E-state index contributed by atoms with van der Waals surface area (Å²) in [5.41, 5.74) is 1.75. The maximum absolute atomic E-state index is 11.9. The lowest BCUT2D eigenvalue weighted by Crippen LogP contribution is -2.31. The molecule has 0 fully saturated rings. The van der Waals surface area contributed by atoms with Crippen LogP contribution in [0.4, 0.5) is 5.69 Å². The Morgan fingerprint density at radius 2 is 1.86 bits per heavy atom. The number of carbonyl (C=O) groups excluding carboxylic acids is 2. The summed E-state index contributed by atoms with van der Waals surface area (Å²) < 4.78 is 11.7. The number of carbonyl (C=O) groups is 2. The molecule has 0 spiro atoms. The number of hydrogen-bond donors (Lipinski definition) is 2. The summed E-state index contributed by atoms with van der Waals surface area (Å²) >= 11 is 3.34. The average Bonchev–Trinajstić information content (AvgIpc) is 2.69. The smallest absolute Gasteiger partial charge is 0.257 e. The van der Waals surface area contributed by atoms with Crippen LogP contribution < -0.4 is 20.1 Å². The molecule has 2 N–H and O–H groups in total. The summed E-state index contributed by atoms with van der Waals surface area (Å²) in [4.78, 5) is 23.8. The highest BCUT2D eigenvalue weighted by atomic mass is 79.9. The Balaban J connectivity index is 1.73. The number of ether oxygens (including phenoxy) is 2. The van der Waals surface area contributed by atoms with Gasteiger partial charge in [0.15, 0.2) is 18.1 Å². The monoisotopic (exact) mass is 446 g/mol. The van der Waals surface area contributed by atoms with E-state index in [1.807, 2.05) is 24.3 Å². The van der Waals surface area contributed by atoms with Gasteiger partial charge in [-0.15, -0.1) is 6.58 Å². The highest BCUT2D eigenvalue weighted by Crippen LogP contribution is 2.28. The fourth-order valence-electron chi connectivity index (χ4n) is 2.39. The summed E-state index contributed by atoms with van der Waals surface area (Å²) in [6.07, 6.45) is 2.69. The first-order valence-corrected chi connectivity index (χ1v) is 9.54. The first kappa shape index (κ1) is 21.5. The minimum atomic E-state index is -0.311. The Kier molecular flexibility index (Phi) is 8.55. The van der Waals surface area contributed by atoms with Crippen molar-refractivity contribution in [2.45, 2.75) is 12.8 Å². The van der Waals surface area contributed by atoms with Gasteiger partial charge in [-0.3, -0.25) is 9.59 Å². The van der Waals surface area contributed by atoms with Crippen LogP contribution in [0.25, 0.3) is 0 Å². The molecule has 0 aliphatic heterocycles. The van der Waals surface area contributed by atoms with Crippen LogP contribution in [0.1, 0.15) is 12.0 Å². The van der Waals surface area contributed by atoms with Gasteiger partial charge in [0.25, 0.3) is 5.91 Å². The lowest BCUT2D eigenvalue weighted by molar-refractivity contribution is -0.123. The molecular weight excluding hydrogens is 424 g/mol. The number of rotatable bonds is 10. The van der Waals surface area contributed by atoms with E-state index in [4.69, 9.17) is 9.47 Å². The van der Waals surface area contributed by atoms with E-state index in [9.17, 15) is 9.59 Å². The van der Waals surface area contributed by atoms with E-state index in [-0.39, 0.29) is 31.4 Å². The Morgan fingerprint density at radius 3 is 2.54 bits per heavy atom. The number of hydrogen-bond acceptors (Lipinski definition) is 4. The Bertz CT molecular complexity index is 822. The van der Waals surface area contributed by atoms with Gasteiger partial charge in [0.1, 0.15) is 0 Å². The first-order valence-electron chi connectivity index (χ1n) is 8.74. The van der Waals surface area contributed by atoms with Crippen LogP contribution in [-0.4, -0.2) is 32.1 Å².